The summed E-state index contributed by atoms with van der Waals surface area (Å²) in [6.45, 7) is 7.06. The molecule has 6 nitrogen and oxygen atoms in total. The number of aromatic nitrogens is 2. The van der Waals surface area contributed by atoms with E-state index in [0.717, 1.165) is 23.0 Å². The van der Waals surface area contributed by atoms with Gasteiger partial charge in [-0.05, 0) is 38.0 Å². The van der Waals surface area contributed by atoms with Gasteiger partial charge in [0.25, 0.3) is 0 Å². The number of fused-ring (bicyclic) bond motifs is 3. The normalized spacial score (nSPS) is 13.0. The Hall–Kier alpha value is -3.02. The lowest BCUT2D eigenvalue weighted by Crippen LogP contribution is -2.18. The van der Waals surface area contributed by atoms with Crippen molar-refractivity contribution in [3.05, 3.63) is 42.2 Å². The van der Waals surface area contributed by atoms with Crippen molar-refractivity contribution in [1.29, 1.82) is 0 Å². The Balaban J connectivity index is 1.84. The van der Waals surface area contributed by atoms with Gasteiger partial charge in [0.2, 0.25) is 5.75 Å². The quantitative estimate of drug-likeness (QED) is 0.718. The Morgan fingerprint density at radius 2 is 1.93 bits per heavy atom. The number of nitrogens with one attached hydrogen (secondary N) is 1. The van der Waals surface area contributed by atoms with Crippen LogP contribution in [0.4, 0.5) is 11.5 Å². The highest BCUT2D eigenvalue weighted by atomic mass is 16.6. The van der Waals surface area contributed by atoms with Crippen LogP contribution >= 0.6 is 0 Å². The second-order valence-corrected chi connectivity index (χ2v) is 6.69. The van der Waals surface area contributed by atoms with Crippen molar-refractivity contribution < 1.29 is 14.2 Å². The van der Waals surface area contributed by atoms with Crippen molar-refractivity contribution in [3.63, 3.8) is 0 Å². The Morgan fingerprint density at radius 1 is 1.11 bits per heavy atom. The van der Waals surface area contributed by atoms with Gasteiger partial charge < -0.3 is 19.5 Å². The van der Waals surface area contributed by atoms with E-state index >= 15 is 0 Å². The molecule has 0 fully saturated rings. The van der Waals surface area contributed by atoms with Crippen LogP contribution in [0.5, 0.6) is 17.2 Å². The highest BCUT2D eigenvalue weighted by Crippen LogP contribution is 2.47. The molecule has 0 spiro atoms. The van der Waals surface area contributed by atoms with Crippen molar-refractivity contribution in [1.82, 2.24) is 9.97 Å². The molecule has 0 saturated carbocycles. The molecule has 1 aromatic heterocycles. The molecule has 0 amide bonds. The van der Waals surface area contributed by atoms with E-state index in [1.165, 1.54) is 5.56 Å². The second-order valence-electron chi connectivity index (χ2n) is 6.69. The predicted molar refractivity (Wildman–Crippen MR) is 105 cm³/mol. The molecule has 3 aromatic rings. The van der Waals surface area contributed by atoms with E-state index in [9.17, 15) is 0 Å². The van der Waals surface area contributed by atoms with Crippen LogP contribution in [0.3, 0.4) is 0 Å². The van der Waals surface area contributed by atoms with Crippen LogP contribution in [0.15, 0.2) is 36.7 Å². The molecule has 0 saturated heterocycles. The SMILES string of the molecule is CCc1cccc(Nc2ncnc3cc(OC(C)C)c4c(c23)OCCO4)c1. The molecule has 2 aromatic carbocycles. The molecule has 2 heterocycles. The molecule has 1 aliphatic heterocycles. The van der Waals surface area contributed by atoms with Gasteiger partial charge >= 0.3 is 0 Å². The molecule has 0 bridgehead atoms. The number of hydrogen-bond acceptors (Lipinski definition) is 6. The van der Waals surface area contributed by atoms with Crippen LogP contribution in [0.1, 0.15) is 26.3 Å². The van der Waals surface area contributed by atoms with Gasteiger partial charge in [0.05, 0.1) is 17.0 Å². The summed E-state index contributed by atoms with van der Waals surface area (Å²) >= 11 is 0. The van der Waals surface area contributed by atoms with Gasteiger partial charge in [0.1, 0.15) is 25.4 Å². The summed E-state index contributed by atoms with van der Waals surface area (Å²) in [5, 5.41) is 4.20. The maximum Gasteiger partial charge on any atom is 0.204 e. The Bertz CT molecular complexity index is 972. The minimum Gasteiger partial charge on any atom is -0.487 e. The molecule has 140 valence electrons. The fraction of sp³-hybridized carbons (Fsp3) is 0.333. The summed E-state index contributed by atoms with van der Waals surface area (Å²) in [5.41, 5.74) is 2.98. The molecule has 1 N–H and O–H groups in total. The number of aryl methyl sites for hydroxylation is 1. The summed E-state index contributed by atoms with van der Waals surface area (Å²) in [7, 11) is 0. The number of benzene rings is 2. The van der Waals surface area contributed by atoms with E-state index in [4.69, 9.17) is 14.2 Å². The molecular weight excluding hydrogens is 342 g/mol. The first kappa shape index (κ1) is 17.4. The largest absolute Gasteiger partial charge is 0.487 e. The minimum atomic E-state index is 0.0216. The Morgan fingerprint density at radius 3 is 2.70 bits per heavy atom. The third kappa shape index (κ3) is 3.47. The maximum absolute atomic E-state index is 5.96. The van der Waals surface area contributed by atoms with Crippen LogP contribution in [-0.2, 0) is 6.42 Å². The summed E-state index contributed by atoms with van der Waals surface area (Å²) < 4.78 is 17.8. The van der Waals surface area contributed by atoms with Gasteiger partial charge in [-0.25, -0.2) is 9.97 Å². The zero-order valence-corrected chi connectivity index (χ0v) is 15.8. The minimum absolute atomic E-state index is 0.0216. The number of nitrogens with zero attached hydrogens (tertiary/aromatic N) is 2. The van der Waals surface area contributed by atoms with Crippen molar-refractivity contribution in [2.45, 2.75) is 33.3 Å². The predicted octanol–water partition coefficient (Wildman–Crippen LogP) is 4.49. The Kier molecular flexibility index (Phi) is 4.71. The third-order valence-electron chi connectivity index (χ3n) is 4.34. The maximum atomic E-state index is 5.96. The van der Waals surface area contributed by atoms with Crippen molar-refractivity contribution in [2.75, 3.05) is 18.5 Å². The summed E-state index contributed by atoms with van der Waals surface area (Å²) in [4.78, 5) is 8.88. The van der Waals surface area contributed by atoms with E-state index in [2.05, 4.69) is 34.3 Å². The van der Waals surface area contributed by atoms with E-state index < -0.39 is 0 Å². The van der Waals surface area contributed by atoms with Crippen molar-refractivity contribution in [3.8, 4) is 17.2 Å². The average Bonchev–Trinajstić information content (AvgIpc) is 2.68. The third-order valence-corrected chi connectivity index (χ3v) is 4.34. The summed E-state index contributed by atoms with van der Waals surface area (Å²) in [6, 6.07) is 10.2. The molecule has 0 atom stereocenters. The van der Waals surface area contributed by atoms with Gasteiger partial charge in [0, 0.05) is 11.8 Å². The standard InChI is InChI=1S/C21H23N3O3/c1-4-14-6-5-7-15(10-14)24-21-18-16(22-12-23-21)11-17(27-13(2)3)19-20(18)26-9-8-25-19/h5-7,10-13H,4,8-9H2,1-3H3,(H,22,23,24). The molecule has 0 aliphatic carbocycles. The topological polar surface area (TPSA) is 65.5 Å². The lowest BCUT2D eigenvalue weighted by Gasteiger charge is -2.24. The molecule has 27 heavy (non-hydrogen) atoms. The zero-order valence-electron chi connectivity index (χ0n) is 15.8. The highest BCUT2D eigenvalue weighted by Gasteiger charge is 2.25. The lowest BCUT2D eigenvalue weighted by molar-refractivity contribution is 0.157. The van der Waals surface area contributed by atoms with Crippen molar-refractivity contribution in [2.24, 2.45) is 0 Å². The van der Waals surface area contributed by atoms with E-state index in [1.54, 1.807) is 6.33 Å². The first-order valence-electron chi connectivity index (χ1n) is 9.25. The second kappa shape index (κ2) is 7.31. The van der Waals surface area contributed by atoms with Crippen LogP contribution in [0.2, 0.25) is 0 Å². The summed E-state index contributed by atoms with van der Waals surface area (Å²) in [6.07, 6.45) is 2.54. The van der Waals surface area contributed by atoms with Crippen LogP contribution < -0.4 is 19.5 Å². The van der Waals surface area contributed by atoms with Gasteiger partial charge in [-0.2, -0.15) is 0 Å². The van der Waals surface area contributed by atoms with Crippen LogP contribution in [0, 0.1) is 0 Å². The van der Waals surface area contributed by atoms with E-state index in [-0.39, 0.29) is 6.10 Å². The molecule has 0 unspecified atom stereocenters. The fourth-order valence-corrected chi connectivity index (χ4v) is 3.15. The summed E-state index contributed by atoms with van der Waals surface area (Å²) in [5.74, 6) is 2.57. The molecule has 1 aliphatic rings. The molecular formula is C21H23N3O3. The molecule has 4 rings (SSSR count). The molecule has 0 radical (unpaired) electrons. The first-order valence-corrected chi connectivity index (χ1v) is 9.25. The molecule has 6 heteroatoms. The number of anilines is 2. The number of ether oxygens (including phenoxy) is 3. The number of hydrogen-bond donors (Lipinski definition) is 1. The van der Waals surface area contributed by atoms with Gasteiger partial charge in [-0.15, -0.1) is 0 Å². The van der Waals surface area contributed by atoms with Gasteiger partial charge in [-0.3, -0.25) is 0 Å². The van der Waals surface area contributed by atoms with E-state index in [1.807, 2.05) is 32.0 Å². The van der Waals surface area contributed by atoms with E-state index in [0.29, 0.717) is 36.3 Å². The van der Waals surface area contributed by atoms with Gasteiger partial charge in [0.15, 0.2) is 11.5 Å². The number of rotatable bonds is 5. The van der Waals surface area contributed by atoms with Crippen LogP contribution in [0.25, 0.3) is 10.9 Å². The lowest BCUT2D eigenvalue weighted by atomic mass is 10.1. The van der Waals surface area contributed by atoms with Crippen LogP contribution in [-0.4, -0.2) is 29.3 Å². The zero-order chi connectivity index (χ0) is 18.8. The van der Waals surface area contributed by atoms with Gasteiger partial charge in [-0.1, -0.05) is 19.1 Å². The average molecular weight is 365 g/mol. The first-order chi connectivity index (χ1) is 13.2. The Labute approximate surface area is 158 Å². The highest BCUT2D eigenvalue weighted by molar-refractivity contribution is 5.99. The smallest absolute Gasteiger partial charge is 0.204 e. The van der Waals surface area contributed by atoms with Crippen molar-refractivity contribution >= 4 is 22.4 Å². The fourth-order valence-electron chi connectivity index (χ4n) is 3.15. The monoisotopic (exact) mass is 365 g/mol.